The fraction of sp³-hybridized carbons (Fsp3) is 0.571. The first kappa shape index (κ1) is 17.7. The fourth-order valence-corrected chi connectivity index (χ4v) is 2.44. The molecule has 7 heteroatoms. The maximum atomic E-state index is 12.1. The topological polar surface area (TPSA) is 81.9 Å². The fourth-order valence-electron chi connectivity index (χ4n) is 1.52. The van der Waals surface area contributed by atoms with E-state index in [2.05, 4.69) is 0 Å². The van der Waals surface area contributed by atoms with Crippen molar-refractivity contribution in [3.05, 3.63) is 18.2 Å². The van der Waals surface area contributed by atoms with Crippen molar-refractivity contribution >= 4 is 15.7 Å². The second-order valence-corrected chi connectivity index (χ2v) is 7.70. The second kappa shape index (κ2) is 6.64. The molecule has 0 saturated carbocycles. The maximum absolute atomic E-state index is 12.1. The molecule has 1 rings (SSSR count). The van der Waals surface area contributed by atoms with Gasteiger partial charge in [-0.05, 0) is 26.0 Å². The zero-order valence-corrected chi connectivity index (χ0v) is 14.0. The van der Waals surface area contributed by atoms with Gasteiger partial charge < -0.3 is 15.2 Å². The first-order valence-corrected chi connectivity index (χ1v) is 8.04. The molecular weight excluding hydrogens is 292 g/mol. The molecule has 1 aromatic rings. The van der Waals surface area contributed by atoms with Crippen LogP contribution in [-0.2, 0) is 14.8 Å². The Hall–Kier alpha value is -1.31. The average Bonchev–Trinajstić information content (AvgIpc) is 2.40. The van der Waals surface area contributed by atoms with Crippen molar-refractivity contribution in [1.82, 2.24) is 4.31 Å². The molecule has 0 spiro atoms. The number of hydrogen-bond acceptors (Lipinski definition) is 5. The van der Waals surface area contributed by atoms with Crippen LogP contribution in [0.1, 0.15) is 20.3 Å². The smallest absolute Gasteiger partial charge is 0.242 e. The number of benzene rings is 1. The molecule has 0 amide bonds. The molecule has 1 aromatic carbocycles. The van der Waals surface area contributed by atoms with Crippen LogP contribution in [0.4, 0.5) is 5.69 Å². The Labute approximate surface area is 126 Å². The summed E-state index contributed by atoms with van der Waals surface area (Å²) < 4.78 is 36.2. The van der Waals surface area contributed by atoms with E-state index in [1.165, 1.54) is 32.3 Å². The molecule has 21 heavy (non-hydrogen) atoms. The predicted molar refractivity (Wildman–Crippen MR) is 82.9 cm³/mol. The van der Waals surface area contributed by atoms with Gasteiger partial charge in [-0.15, -0.1) is 0 Å². The molecule has 0 unspecified atom stereocenters. The van der Waals surface area contributed by atoms with Crippen LogP contribution >= 0.6 is 0 Å². The van der Waals surface area contributed by atoms with Gasteiger partial charge in [0.1, 0.15) is 5.75 Å². The number of methoxy groups -OCH3 is 1. The van der Waals surface area contributed by atoms with Crippen LogP contribution in [0.15, 0.2) is 23.1 Å². The largest absolute Gasteiger partial charge is 0.491 e. The molecule has 0 aliphatic rings. The highest BCUT2D eigenvalue weighted by atomic mass is 32.2. The lowest BCUT2D eigenvalue weighted by atomic mass is 10.1. The number of rotatable bonds is 7. The third kappa shape index (κ3) is 4.59. The number of nitrogen functional groups attached to an aromatic ring is 1. The van der Waals surface area contributed by atoms with E-state index < -0.39 is 10.0 Å². The summed E-state index contributed by atoms with van der Waals surface area (Å²) in [6, 6.07) is 4.45. The van der Waals surface area contributed by atoms with Crippen molar-refractivity contribution in [2.24, 2.45) is 0 Å². The van der Waals surface area contributed by atoms with Gasteiger partial charge in [0.05, 0.1) is 22.8 Å². The first-order chi connectivity index (χ1) is 9.60. The molecule has 0 radical (unpaired) electrons. The van der Waals surface area contributed by atoms with E-state index in [4.69, 9.17) is 15.2 Å². The SMILES string of the molecule is COC(C)(C)CCOc1cc(S(=O)(=O)N(C)C)ccc1N. The molecule has 6 nitrogen and oxygen atoms in total. The van der Waals surface area contributed by atoms with Crippen molar-refractivity contribution in [2.75, 3.05) is 33.5 Å². The molecule has 2 N–H and O–H groups in total. The van der Waals surface area contributed by atoms with E-state index >= 15 is 0 Å². The Balaban J connectivity index is 2.89. The zero-order chi connectivity index (χ0) is 16.3. The summed E-state index contributed by atoms with van der Waals surface area (Å²) in [7, 11) is 1.10. The van der Waals surface area contributed by atoms with Crippen LogP contribution in [-0.4, -0.2) is 46.1 Å². The molecule has 0 heterocycles. The van der Waals surface area contributed by atoms with Crippen LogP contribution in [0.3, 0.4) is 0 Å². The maximum Gasteiger partial charge on any atom is 0.242 e. The summed E-state index contributed by atoms with van der Waals surface area (Å²) in [6.07, 6.45) is 0.660. The Morgan fingerprint density at radius 1 is 1.29 bits per heavy atom. The summed E-state index contributed by atoms with van der Waals surface area (Å²) in [5.41, 5.74) is 5.93. The van der Waals surface area contributed by atoms with E-state index in [0.717, 1.165) is 4.31 Å². The molecule has 0 fully saturated rings. The normalized spacial score (nSPS) is 12.7. The second-order valence-electron chi connectivity index (χ2n) is 5.55. The summed E-state index contributed by atoms with van der Waals surface area (Å²) >= 11 is 0. The Morgan fingerprint density at radius 2 is 1.90 bits per heavy atom. The lowest BCUT2D eigenvalue weighted by Crippen LogP contribution is -2.25. The van der Waals surface area contributed by atoms with Crippen molar-refractivity contribution < 1.29 is 17.9 Å². The van der Waals surface area contributed by atoms with E-state index in [0.29, 0.717) is 24.5 Å². The van der Waals surface area contributed by atoms with Gasteiger partial charge in [-0.1, -0.05) is 0 Å². The number of nitrogens with two attached hydrogens (primary N) is 1. The molecule has 0 aliphatic heterocycles. The van der Waals surface area contributed by atoms with Crippen LogP contribution in [0.25, 0.3) is 0 Å². The van der Waals surface area contributed by atoms with E-state index in [1.54, 1.807) is 7.11 Å². The van der Waals surface area contributed by atoms with Crippen LogP contribution in [0.2, 0.25) is 0 Å². The number of sulfonamides is 1. The van der Waals surface area contributed by atoms with Gasteiger partial charge in [0.25, 0.3) is 0 Å². The van der Waals surface area contributed by atoms with Gasteiger partial charge >= 0.3 is 0 Å². The summed E-state index contributed by atoms with van der Waals surface area (Å²) in [5.74, 6) is 0.366. The summed E-state index contributed by atoms with van der Waals surface area (Å²) in [4.78, 5) is 0.155. The van der Waals surface area contributed by atoms with Gasteiger partial charge in [-0.3, -0.25) is 0 Å². The van der Waals surface area contributed by atoms with Crippen molar-refractivity contribution in [1.29, 1.82) is 0 Å². The van der Waals surface area contributed by atoms with Crippen LogP contribution in [0, 0.1) is 0 Å². The lowest BCUT2D eigenvalue weighted by molar-refractivity contribution is 0.00549. The molecule has 0 aromatic heterocycles. The summed E-state index contributed by atoms with van der Waals surface area (Å²) in [5, 5.41) is 0. The van der Waals surface area contributed by atoms with Gasteiger partial charge in [0.2, 0.25) is 10.0 Å². The van der Waals surface area contributed by atoms with Gasteiger partial charge in [-0.2, -0.15) is 0 Å². The number of ether oxygens (including phenoxy) is 2. The van der Waals surface area contributed by atoms with E-state index in [1.807, 2.05) is 13.8 Å². The van der Waals surface area contributed by atoms with E-state index in [-0.39, 0.29) is 10.5 Å². The Bertz CT molecular complexity index is 583. The molecule has 0 bridgehead atoms. The minimum absolute atomic E-state index is 0.155. The van der Waals surface area contributed by atoms with Crippen molar-refractivity contribution in [3.8, 4) is 5.75 Å². The minimum Gasteiger partial charge on any atom is -0.491 e. The molecule has 0 saturated heterocycles. The Kier molecular flexibility index (Phi) is 5.61. The quantitative estimate of drug-likeness (QED) is 0.774. The van der Waals surface area contributed by atoms with Crippen LogP contribution < -0.4 is 10.5 Å². The zero-order valence-electron chi connectivity index (χ0n) is 13.2. The van der Waals surface area contributed by atoms with Gasteiger partial charge in [0, 0.05) is 33.7 Å². The van der Waals surface area contributed by atoms with Gasteiger partial charge in [-0.25, -0.2) is 12.7 Å². The third-order valence-electron chi connectivity index (χ3n) is 3.28. The predicted octanol–water partition coefficient (Wildman–Crippen LogP) is 1.71. The highest BCUT2D eigenvalue weighted by molar-refractivity contribution is 7.89. The van der Waals surface area contributed by atoms with E-state index in [9.17, 15) is 8.42 Å². The number of anilines is 1. The molecule has 0 atom stereocenters. The molecule has 0 aliphatic carbocycles. The standard InChI is InChI=1S/C14H24N2O4S/c1-14(2,19-5)8-9-20-13-10-11(6-7-12(13)15)21(17,18)16(3)4/h6-7,10H,8-9,15H2,1-5H3. The monoisotopic (exact) mass is 316 g/mol. The lowest BCUT2D eigenvalue weighted by Gasteiger charge is -2.23. The third-order valence-corrected chi connectivity index (χ3v) is 5.09. The minimum atomic E-state index is -3.50. The average molecular weight is 316 g/mol. The summed E-state index contributed by atoms with van der Waals surface area (Å²) in [6.45, 7) is 4.29. The van der Waals surface area contributed by atoms with Crippen LogP contribution in [0.5, 0.6) is 5.75 Å². The Morgan fingerprint density at radius 3 is 2.43 bits per heavy atom. The van der Waals surface area contributed by atoms with Gasteiger partial charge in [0.15, 0.2) is 0 Å². The highest BCUT2D eigenvalue weighted by Gasteiger charge is 2.20. The molecule has 120 valence electrons. The first-order valence-electron chi connectivity index (χ1n) is 6.60. The number of hydrogen-bond donors (Lipinski definition) is 1. The highest BCUT2D eigenvalue weighted by Crippen LogP contribution is 2.27. The van der Waals surface area contributed by atoms with Crippen molar-refractivity contribution in [2.45, 2.75) is 30.8 Å². The molecular formula is C14H24N2O4S. The number of nitrogens with zero attached hydrogens (tertiary/aromatic N) is 1. The van der Waals surface area contributed by atoms with Crippen molar-refractivity contribution in [3.63, 3.8) is 0 Å².